The van der Waals surface area contributed by atoms with Crippen molar-refractivity contribution >= 4 is 24.4 Å². The van der Waals surface area contributed by atoms with Crippen LogP contribution in [0, 0.1) is 11.3 Å². The maximum absolute atomic E-state index is 8.88. The predicted octanol–water partition coefficient (Wildman–Crippen LogP) is 2.47. The van der Waals surface area contributed by atoms with Gasteiger partial charge in [0.25, 0.3) is 0 Å². The minimum atomic E-state index is 0.528. The highest BCUT2D eigenvalue weighted by molar-refractivity contribution is 7.80. The Morgan fingerprint density at radius 3 is 2.93 bits per heavy atom. The number of nitrogen functional groups attached to an aromatic ring is 1. The molecule has 0 amide bonds. The molecule has 0 spiro atoms. The Hall–Kier alpha value is -1.40. The van der Waals surface area contributed by atoms with E-state index in [9.17, 15) is 0 Å². The van der Waals surface area contributed by atoms with Crippen molar-refractivity contribution in [3.05, 3.63) is 35.4 Å². The van der Waals surface area contributed by atoms with Crippen LogP contribution >= 0.6 is 12.6 Å². The first-order valence-electron chi connectivity index (χ1n) is 4.35. The Bertz CT molecular complexity index is 377. The molecule has 0 unspecified atom stereocenters. The Morgan fingerprint density at radius 1 is 1.50 bits per heavy atom. The normalized spacial score (nSPS) is 10.3. The lowest BCUT2D eigenvalue weighted by Crippen LogP contribution is -1.92. The summed E-state index contributed by atoms with van der Waals surface area (Å²) in [5.74, 6) is 0.806. The fraction of sp³-hybridized carbons (Fsp3) is 0.182. The minimum absolute atomic E-state index is 0.528. The first-order chi connectivity index (χ1) is 6.79. The summed E-state index contributed by atoms with van der Waals surface area (Å²) in [5.41, 5.74) is 7.61. The third-order valence-electron chi connectivity index (χ3n) is 1.83. The fourth-order valence-electron chi connectivity index (χ4n) is 1.14. The molecular weight excluding hydrogens is 192 g/mol. The maximum Gasteiger partial charge on any atom is 0.102 e. The van der Waals surface area contributed by atoms with Crippen LogP contribution in [0.25, 0.3) is 6.08 Å². The Labute approximate surface area is 89.5 Å². The molecule has 0 aliphatic heterocycles. The second-order valence-corrected chi connectivity index (χ2v) is 3.29. The number of rotatable bonds is 3. The molecule has 1 rings (SSSR count). The molecule has 1 aromatic carbocycles. The number of hydrogen-bond donors (Lipinski definition) is 2. The van der Waals surface area contributed by atoms with Crippen molar-refractivity contribution < 1.29 is 0 Å². The SMILES string of the molecule is N#Cc1c(N)cccc1C=CCCS. The van der Waals surface area contributed by atoms with Gasteiger partial charge in [0.05, 0.1) is 11.3 Å². The summed E-state index contributed by atoms with van der Waals surface area (Å²) >= 11 is 4.10. The van der Waals surface area contributed by atoms with Crippen LogP contribution in [-0.4, -0.2) is 5.75 Å². The summed E-state index contributed by atoms with van der Waals surface area (Å²) in [6, 6.07) is 7.55. The molecule has 3 heteroatoms. The van der Waals surface area contributed by atoms with Crippen molar-refractivity contribution in [1.29, 1.82) is 5.26 Å². The monoisotopic (exact) mass is 204 g/mol. The van der Waals surface area contributed by atoms with Crippen molar-refractivity contribution in [3.8, 4) is 6.07 Å². The van der Waals surface area contributed by atoms with Gasteiger partial charge in [-0.25, -0.2) is 0 Å². The van der Waals surface area contributed by atoms with Crippen LogP contribution in [0.15, 0.2) is 24.3 Å². The molecule has 2 nitrogen and oxygen atoms in total. The first-order valence-corrected chi connectivity index (χ1v) is 4.99. The zero-order valence-electron chi connectivity index (χ0n) is 7.77. The van der Waals surface area contributed by atoms with Gasteiger partial charge in [0.2, 0.25) is 0 Å². The molecule has 0 aliphatic carbocycles. The Kier molecular flexibility index (Phi) is 4.09. The first kappa shape index (κ1) is 10.7. The summed E-state index contributed by atoms with van der Waals surface area (Å²) in [4.78, 5) is 0. The highest BCUT2D eigenvalue weighted by atomic mass is 32.1. The number of thiol groups is 1. The number of nitrogens with zero attached hydrogens (tertiary/aromatic N) is 1. The molecule has 14 heavy (non-hydrogen) atoms. The van der Waals surface area contributed by atoms with Crippen molar-refractivity contribution in [1.82, 2.24) is 0 Å². The largest absolute Gasteiger partial charge is 0.398 e. The number of hydrogen-bond acceptors (Lipinski definition) is 3. The number of nitriles is 1. The van der Waals surface area contributed by atoms with E-state index in [0.29, 0.717) is 11.3 Å². The number of nitrogens with two attached hydrogens (primary N) is 1. The second-order valence-electron chi connectivity index (χ2n) is 2.84. The van der Waals surface area contributed by atoms with Gasteiger partial charge in [-0.3, -0.25) is 0 Å². The molecule has 0 aliphatic rings. The van der Waals surface area contributed by atoms with Crippen molar-refractivity contribution in [2.45, 2.75) is 6.42 Å². The number of benzene rings is 1. The molecule has 1 aromatic rings. The highest BCUT2D eigenvalue weighted by Crippen LogP contribution is 2.17. The van der Waals surface area contributed by atoms with Crippen LogP contribution in [-0.2, 0) is 0 Å². The molecule has 0 saturated heterocycles. The van der Waals surface area contributed by atoms with Gasteiger partial charge in [-0.15, -0.1) is 0 Å². The Balaban J connectivity index is 2.98. The smallest absolute Gasteiger partial charge is 0.102 e. The number of allylic oxidation sites excluding steroid dienone is 1. The lowest BCUT2D eigenvalue weighted by Gasteiger charge is -2.00. The lowest BCUT2D eigenvalue weighted by atomic mass is 10.1. The van der Waals surface area contributed by atoms with Crippen LogP contribution in [0.2, 0.25) is 0 Å². The van der Waals surface area contributed by atoms with E-state index in [1.807, 2.05) is 24.3 Å². The van der Waals surface area contributed by atoms with Gasteiger partial charge in [-0.2, -0.15) is 17.9 Å². The average molecular weight is 204 g/mol. The average Bonchev–Trinajstić information content (AvgIpc) is 2.18. The minimum Gasteiger partial charge on any atom is -0.398 e. The van der Waals surface area contributed by atoms with Gasteiger partial charge >= 0.3 is 0 Å². The third-order valence-corrected chi connectivity index (χ3v) is 2.09. The highest BCUT2D eigenvalue weighted by Gasteiger charge is 2.01. The maximum atomic E-state index is 8.88. The standard InChI is InChI=1S/C11H12N2S/c12-8-10-9(4-1-2-7-14)5-3-6-11(10)13/h1,3-6,14H,2,7,13H2. The fourth-order valence-corrected chi connectivity index (χ4v) is 1.29. The van der Waals surface area contributed by atoms with Gasteiger partial charge < -0.3 is 5.73 Å². The summed E-state index contributed by atoms with van der Waals surface area (Å²) < 4.78 is 0. The summed E-state index contributed by atoms with van der Waals surface area (Å²) in [5, 5.41) is 8.88. The van der Waals surface area contributed by atoms with Gasteiger partial charge in [0.1, 0.15) is 6.07 Å². The molecule has 0 radical (unpaired) electrons. The van der Waals surface area contributed by atoms with Crippen LogP contribution in [0.3, 0.4) is 0 Å². The van der Waals surface area contributed by atoms with E-state index in [1.165, 1.54) is 0 Å². The molecule has 0 bridgehead atoms. The Morgan fingerprint density at radius 2 is 2.29 bits per heavy atom. The van der Waals surface area contributed by atoms with E-state index in [2.05, 4.69) is 18.7 Å². The molecule has 0 atom stereocenters. The van der Waals surface area contributed by atoms with E-state index < -0.39 is 0 Å². The molecule has 72 valence electrons. The van der Waals surface area contributed by atoms with E-state index >= 15 is 0 Å². The van der Waals surface area contributed by atoms with Crippen molar-refractivity contribution in [2.75, 3.05) is 11.5 Å². The van der Waals surface area contributed by atoms with E-state index in [1.54, 1.807) is 6.07 Å². The van der Waals surface area contributed by atoms with Crippen molar-refractivity contribution in [2.24, 2.45) is 0 Å². The van der Waals surface area contributed by atoms with E-state index in [0.717, 1.165) is 17.7 Å². The van der Waals surface area contributed by atoms with Crippen LogP contribution in [0.5, 0.6) is 0 Å². The van der Waals surface area contributed by atoms with E-state index in [4.69, 9.17) is 11.0 Å². The zero-order chi connectivity index (χ0) is 10.4. The zero-order valence-corrected chi connectivity index (χ0v) is 8.67. The molecule has 0 aromatic heterocycles. The van der Waals surface area contributed by atoms with Crippen LogP contribution in [0.1, 0.15) is 17.5 Å². The van der Waals surface area contributed by atoms with Gasteiger partial charge in [-0.05, 0) is 23.8 Å². The van der Waals surface area contributed by atoms with Crippen LogP contribution in [0.4, 0.5) is 5.69 Å². The quantitative estimate of drug-likeness (QED) is 0.587. The van der Waals surface area contributed by atoms with Crippen LogP contribution < -0.4 is 5.73 Å². The summed E-state index contributed by atoms with van der Waals surface area (Å²) in [6.45, 7) is 0. The van der Waals surface area contributed by atoms with Crippen molar-refractivity contribution in [3.63, 3.8) is 0 Å². The second kappa shape index (κ2) is 5.36. The molecule has 0 saturated carbocycles. The lowest BCUT2D eigenvalue weighted by molar-refractivity contribution is 1.26. The molecule has 2 N–H and O–H groups in total. The van der Waals surface area contributed by atoms with Gasteiger partial charge in [0.15, 0.2) is 0 Å². The molecule has 0 heterocycles. The van der Waals surface area contributed by atoms with E-state index in [-0.39, 0.29) is 0 Å². The van der Waals surface area contributed by atoms with Gasteiger partial charge in [0, 0.05) is 0 Å². The van der Waals surface area contributed by atoms with Gasteiger partial charge in [-0.1, -0.05) is 24.3 Å². The molecule has 0 fully saturated rings. The predicted molar refractivity (Wildman–Crippen MR) is 63.1 cm³/mol. The molecular formula is C11H12N2S. The summed E-state index contributed by atoms with van der Waals surface area (Å²) in [7, 11) is 0. The summed E-state index contributed by atoms with van der Waals surface area (Å²) in [6.07, 6.45) is 4.79. The number of anilines is 1. The topological polar surface area (TPSA) is 49.8 Å². The third kappa shape index (κ3) is 2.54.